The molecule has 2 aromatic heterocycles. The van der Waals surface area contributed by atoms with Gasteiger partial charge in [0, 0.05) is 12.6 Å². The Labute approximate surface area is 101 Å². The van der Waals surface area contributed by atoms with Gasteiger partial charge in [-0.25, -0.2) is 4.98 Å². The van der Waals surface area contributed by atoms with Crippen LogP contribution in [-0.2, 0) is 6.54 Å². The van der Waals surface area contributed by atoms with Crippen molar-refractivity contribution in [1.29, 1.82) is 0 Å². The third kappa shape index (κ3) is 2.24. The monoisotopic (exact) mass is 234 g/mol. The van der Waals surface area contributed by atoms with E-state index in [4.69, 9.17) is 10.3 Å². The van der Waals surface area contributed by atoms with E-state index in [0.29, 0.717) is 5.92 Å². The first-order valence-corrected chi connectivity index (χ1v) is 5.86. The highest BCUT2D eigenvalue weighted by Gasteiger charge is 2.17. The van der Waals surface area contributed by atoms with Gasteiger partial charge in [-0.05, 0) is 12.8 Å². The number of imidazole rings is 1. The Kier molecular flexibility index (Phi) is 3.28. The van der Waals surface area contributed by atoms with Gasteiger partial charge in [-0.3, -0.25) is 0 Å². The number of hydrogen-bond acceptors (Lipinski definition) is 4. The molecule has 5 nitrogen and oxygen atoms in total. The summed E-state index contributed by atoms with van der Waals surface area (Å²) in [6, 6.07) is 1.78. The van der Waals surface area contributed by atoms with Crippen molar-refractivity contribution in [1.82, 2.24) is 14.7 Å². The zero-order valence-electron chi connectivity index (χ0n) is 10.4. The van der Waals surface area contributed by atoms with Crippen molar-refractivity contribution >= 4 is 0 Å². The number of rotatable bonds is 4. The van der Waals surface area contributed by atoms with Gasteiger partial charge in [0.2, 0.25) is 0 Å². The quantitative estimate of drug-likeness (QED) is 0.880. The zero-order valence-corrected chi connectivity index (χ0v) is 10.4. The molecule has 1 unspecified atom stereocenters. The van der Waals surface area contributed by atoms with E-state index in [9.17, 15) is 0 Å². The fourth-order valence-electron chi connectivity index (χ4n) is 1.68. The minimum absolute atomic E-state index is 0.116. The van der Waals surface area contributed by atoms with E-state index in [1.54, 1.807) is 12.5 Å². The van der Waals surface area contributed by atoms with Crippen molar-refractivity contribution in [2.24, 2.45) is 11.7 Å². The van der Waals surface area contributed by atoms with E-state index in [0.717, 1.165) is 23.7 Å². The molecule has 2 rings (SSSR count). The van der Waals surface area contributed by atoms with Gasteiger partial charge in [0.25, 0.3) is 0 Å². The number of nitrogens with two attached hydrogens (primary N) is 1. The lowest BCUT2D eigenvalue weighted by molar-refractivity contribution is 0.333. The van der Waals surface area contributed by atoms with Gasteiger partial charge in [0.1, 0.15) is 5.69 Å². The van der Waals surface area contributed by atoms with Crippen LogP contribution < -0.4 is 5.73 Å². The highest BCUT2D eigenvalue weighted by molar-refractivity contribution is 5.53. The lowest BCUT2D eigenvalue weighted by atomic mass is 10.0. The molecule has 0 aromatic carbocycles. The number of nitrogens with zero attached hydrogens (tertiary/aromatic N) is 3. The first-order chi connectivity index (χ1) is 8.13. The summed E-state index contributed by atoms with van der Waals surface area (Å²) in [7, 11) is 0. The fourth-order valence-corrected chi connectivity index (χ4v) is 1.68. The maximum Gasteiger partial charge on any atom is 0.154 e. The number of aromatic nitrogens is 3. The lowest BCUT2D eigenvalue weighted by Crippen LogP contribution is -2.15. The summed E-state index contributed by atoms with van der Waals surface area (Å²) in [4.78, 5) is 4.11. The summed E-state index contributed by atoms with van der Waals surface area (Å²) >= 11 is 0. The van der Waals surface area contributed by atoms with Crippen molar-refractivity contribution in [3.8, 4) is 11.4 Å². The Bertz CT molecular complexity index is 486. The minimum atomic E-state index is -0.116. The maximum absolute atomic E-state index is 6.02. The molecule has 2 aromatic rings. The van der Waals surface area contributed by atoms with Crippen LogP contribution in [0.15, 0.2) is 23.1 Å². The summed E-state index contributed by atoms with van der Waals surface area (Å²) < 4.78 is 7.31. The molecule has 92 valence electrons. The average molecular weight is 234 g/mol. The van der Waals surface area contributed by atoms with Crippen molar-refractivity contribution in [2.45, 2.75) is 33.4 Å². The number of aryl methyl sites for hydroxylation is 1. The molecule has 1 atom stereocenters. The molecule has 0 aliphatic carbocycles. The topological polar surface area (TPSA) is 69.9 Å². The van der Waals surface area contributed by atoms with Gasteiger partial charge in [0.05, 0.1) is 24.3 Å². The fraction of sp³-hybridized carbons (Fsp3) is 0.500. The van der Waals surface area contributed by atoms with E-state index in [2.05, 4.69) is 30.9 Å². The molecule has 2 heterocycles. The van der Waals surface area contributed by atoms with Crippen molar-refractivity contribution in [3.05, 3.63) is 24.4 Å². The molecule has 0 bridgehead atoms. The van der Waals surface area contributed by atoms with E-state index < -0.39 is 0 Å². The first kappa shape index (κ1) is 11.9. The Morgan fingerprint density at radius 2 is 2.24 bits per heavy atom. The predicted molar refractivity (Wildman–Crippen MR) is 65.2 cm³/mol. The highest BCUT2D eigenvalue weighted by atomic mass is 16.5. The largest absolute Gasteiger partial charge is 0.359 e. The Morgan fingerprint density at radius 1 is 1.47 bits per heavy atom. The molecule has 17 heavy (non-hydrogen) atoms. The molecule has 0 radical (unpaired) electrons. The van der Waals surface area contributed by atoms with Gasteiger partial charge in [-0.2, -0.15) is 0 Å². The normalized spacial score (nSPS) is 13.2. The van der Waals surface area contributed by atoms with Gasteiger partial charge >= 0.3 is 0 Å². The SMILES string of the molecule is CCn1cncc1-c1cc(C(N)C(C)C)on1. The van der Waals surface area contributed by atoms with Crippen molar-refractivity contribution in [2.75, 3.05) is 0 Å². The first-order valence-electron chi connectivity index (χ1n) is 5.86. The summed E-state index contributed by atoms with van der Waals surface area (Å²) in [5.74, 6) is 1.05. The van der Waals surface area contributed by atoms with Crippen LogP contribution in [-0.4, -0.2) is 14.7 Å². The van der Waals surface area contributed by atoms with Crippen LogP contribution in [0.4, 0.5) is 0 Å². The third-order valence-electron chi connectivity index (χ3n) is 2.89. The Balaban J connectivity index is 2.30. The van der Waals surface area contributed by atoms with Crippen LogP contribution in [0.1, 0.15) is 32.6 Å². The molecule has 0 aliphatic heterocycles. The summed E-state index contributed by atoms with van der Waals surface area (Å²) in [5.41, 5.74) is 7.76. The second kappa shape index (κ2) is 4.71. The number of hydrogen-bond donors (Lipinski definition) is 1. The van der Waals surface area contributed by atoms with Crippen LogP contribution in [0.25, 0.3) is 11.4 Å². The molecule has 0 spiro atoms. The van der Waals surface area contributed by atoms with E-state index >= 15 is 0 Å². The second-order valence-electron chi connectivity index (χ2n) is 4.45. The summed E-state index contributed by atoms with van der Waals surface area (Å²) in [6.45, 7) is 7.03. The summed E-state index contributed by atoms with van der Waals surface area (Å²) in [5, 5.41) is 4.05. The molecule has 5 heteroatoms. The van der Waals surface area contributed by atoms with E-state index in [1.807, 2.05) is 10.6 Å². The summed E-state index contributed by atoms with van der Waals surface area (Å²) in [6.07, 6.45) is 3.57. The second-order valence-corrected chi connectivity index (χ2v) is 4.45. The molecule has 0 aliphatic rings. The van der Waals surface area contributed by atoms with Gasteiger partial charge < -0.3 is 14.8 Å². The van der Waals surface area contributed by atoms with Crippen LogP contribution in [0.3, 0.4) is 0 Å². The lowest BCUT2D eigenvalue weighted by Gasteiger charge is -2.10. The average Bonchev–Trinajstić information content (AvgIpc) is 2.95. The molecule has 2 N–H and O–H groups in total. The van der Waals surface area contributed by atoms with E-state index in [1.165, 1.54) is 0 Å². The van der Waals surface area contributed by atoms with E-state index in [-0.39, 0.29) is 6.04 Å². The van der Waals surface area contributed by atoms with Crippen LogP contribution >= 0.6 is 0 Å². The Hall–Kier alpha value is -1.62. The van der Waals surface area contributed by atoms with Crippen LogP contribution in [0.2, 0.25) is 0 Å². The Morgan fingerprint density at radius 3 is 2.88 bits per heavy atom. The molecular formula is C12H18N4O. The molecule has 0 saturated carbocycles. The smallest absolute Gasteiger partial charge is 0.154 e. The molecule has 0 amide bonds. The van der Waals surface area contributed by atoms with Crippen LogP contribution in [0.5, 0.6) is 0 Å². The van der Waals surface area contributed by atoms with Gasteiger partial charge in [-0.1, -0.05) is 19.0 Å². The molecule has 0 fully saturated rings. The predicted octanol–water partition coefficient (Wildman–Crippen LogP) is 2.21. The van der Waals surface area contributed by atoms with Gasteiger partial charge in [0.15, 0.2) is 5.76 Å². The molecule has 0 saturated heterocycles. The van der Waals surface area contributed by atoms with Crippen molar-refractivity contribution < 1.29 is 4.52 Å². The standard InChI is InChI=1S/C12H18N4O/c1-4-16-7-14-6-10(16)9-5-11(17-15-9)12(13)8(2)3/h5-8,12H,4,13H2,1-3H3. The molecular weight excluding hydrogens is 216 g/mol. The zero-order chi connectivity index (χ0) is 12.4. The third-order valence-corrected chi connectivity index (χ3v) is 2.89. The highest BCUT2D eigenvalue weighted by Crippen LogP contribution is 2.24. The van der Waals surface area contributed by atoms with Gasteiger partial charge in [-0.15, -0.1) is 0 Å². The maximum atomic E-state index is 6.02. The minimum Gasteiger partial charge on any atom is -0.359 e. The van der Waals surface area contributed by atoms with Crippen LogP contribution in [0, 0.1) is 5.92 Å². The van der Waals surface area contributed by atoms with Crippen molar-refractivity contribution in [3.63, 3.8) is 0 Å².